The van der Waals surface area contributed by atoms with Gasteiger partial charge in [-0.15, -0.1) is 0 Å². The lowest BCUT2D eigenvalue weighted by Gasteiger charge is -2.32. The van der Waals surface area contributed by atoms with E-state index >= 15 is 0 Å². The lowest BCUT2D eigenvalue weighted by atomic mass is 10.0. The van der Waals surface area contributed by atoms with Gasteiger partial charge in [0.25, 0.3) is 0 Å². The molecule has 10 heteroatoms. The molecule has 0 aliphatic carbocycles. The number of sulfonamides is 1. The highest BCUT2D eigenvalue weighted by Crippen LogP contribution is 2.28. The number of halogens is 2. The second-order valence-corrected chi connectivity index (χ2v) is 13.3. The van der Waals surface area contributed by atoms with Gasteiger partial charge >= 0.3 is 0 Å². The molecular formula is C33H41Cl2N3O4S. The highest BCUT2D eigenvalue weighted by molar-refractivity contribution is 7.92. The van der Waals surface area contributed by atoms with Crippen LogP contribution in [0.4, 0.5) is 5.69 Å². The standard InChI is InChI=1S/C33H41Cl2N3O4S/c1-4-6-21-36-33(40)31(23-26-12-8-7-9-13-26)37(24-28-29(34)14-10-15-30(28)35)32(39)16-11-22-38(43(3,41)42)27-19-17-25(5-2)18-20-27/h7-10,12-15,17-20,31H,4-6,11,16,21-24H2,1-3H3,(H,36,40). The van der Waals surface area contributed by atoms with Gasteiger partial charge in [-0.05, 0) is 54.7 Å². The lowest BCUT2D eigenvalue weighted by molar-refractivity contribution is -0.141. The highest BCUT2D eigenvalue weighted by Gasteiger charge is 2.31. The first-order valence-electron chi connectivity index (χ1n) is 14.7. The fraction of sp³-hybridized carbons (Fsp3) is 0.394. The van der Waals surface area contributed by atoms with E-state index in [0.717, 1.165) is 36.6 Å². The van der Waals surface area contributed by atoms with Crippen molar-refractivity contribution in [3.05, 3.63) is 99.5 Å². The predicted octanol–water partition coefficient (Wildman–Crippen LogP) is 6.66. The van der Waals surface area contributed by atoms with Crippen molar-refractivity contribution in [2.45, 2.75) is 65.0 Å². The molecule has 0 saturated heterocycles. The average Bonchev–Trinajstić information content (AvgIpc) is 2.98. The number of benzene rings is 3. The van der Waals surface area contributed by atoms with Crippen LogP contribution >= 0.6 is 23.2 Å². The Bertz CT molecular complexity index is 1430. The molecule has 0 radical (unpaired) electrons. The zero-order valence-electron chi connectivity index (χ0n) is 25.1. The Labute approximate surface area is 266 Å². The van der Waals surface area contributed by atoms with Crippen LogP contribution in [-0.4, -0.2) is 50.5 Å². The Hall–Kier alpha value is -3.07. The third kappa shape index (κ3) is 10.3. The van der Waals surface area contributed by atoms with Crippen molar-refractivity contribution in [1.29, 1.82) is 0 Å². The summed E-state index contributed by atoms with van der Waals surface area (Å²) in [4.78, 5) is 29.1. The van der Waals surface area contributed by atoms with E-state index < -0.39 is 16.1 Å². The minimum Gasteiger partial charge on any atom is -0.354 e. The fourth-order valence-corrected chi connectivity index (χ4v) is 6.30. The van der Waals surface area contributed by atoms with Gasteiger partial charge in [0.2, 0.25) is 21.8 Å². The number of hydrogen-bond acceptors (Lipinski definition) is 4. The van der Waals surface area contributed by atoms with Crippen molar-refractivity contribution in [3.8, 4) is 0 Å². The van der Waals surface area contributed by atoms with Crippen LogP contribution in [0.2, 0.25) is 10.0 Å². The van der Waals surface area contributed by atoms with Crippen LogP contribution in [0.5, 0.6) is 0 Å². The number of anilines is 1. The largest absolute Gasteiger partial charge is 0.354 e. The number of amides is 2. The second-order valence-electron chi connectivity index (χ2n) is 10.5. The van der Waals surface area contributed by atoms with E-state index in [9.17, 15) is 18.0 Å². The van der Waals surface area contributed by atoms with Gasteiger partial charge in [0.05, 0.1) is 11.9 Å². The lowest BCUT2D eigenvalue weighted by Crippen LogP contribution is -2.50. The Balaban J connectivity index is 1.90. The normalized spacial score (nSPS) is 12.0. The molecule has 1 N–H and O–H groups in total. The van der Waals surface area contributed by atoms with E-state index in [1.54, 1.807) is 30.3 Å². The SMILES string of the molecule is CCCCNC(=O)C(Cc1ccccc1)N(Cc1c(Cl)cccc1Cl)C(=O)CCCN(c1ccc(CC)cc1)S(C)(=O)=O. The maximum absolute atomic E-state index is 14.0. The van der Waals surface area contributed by atoms with Crippen LogP contribution in [0.25, 0.3) is 0 Å². The number of carbonyl (C=O) groups is 2. The Kier molecular flexibility index (Phi) is 13.4. The monoisotopic (exact) mass is 645 g/mol. The molecule has 3 rings (SSSR count). The molecule has 0 saturated carbocycles. The third-order valence-electron chi connectivity index (χ3n) is 7.28. The number of aryl methyl sites for hydroxylation is 1. The maximum Gasteiger partial charge on any atom is 0.243 e. The molecule has 3 aromatic carbocycles. The van der Waals surface area contributed by atoms with Crippen LogP contribution < -0.4 is 9.62 Å². The number of nitrogens with one attached hydrogen (secondary N) is 1. The zero-order valence-corrected chi connectivity index (χ0v) is 27.4. The summed E-state index contributed by atoms with van der Waals surface area (Å²) >= 11 is 13.0. The van der Waals surface area contributed by atoms with Crippen LogP contribution in [-0.2, 0) is 39.0 Å². The molecule has 0 bridgehead atoms. The summed E-state index contributed by atoms with van der Waals surface area (Å²) in [5, 5.41) is 3.79. The van der Waals surface area contributed by atoms with Crippen molar-refractivity contribution in [2.24, 2.45) is 0 Å². The summed E-state index contributed by atoms with van der Waals surface area (Å²) in [5.41, 5.74) is 3.10. The number of unbranched alkanes of at least 4 members (excludes halogenated alkanes) is 1. The molecule has 0 aliphatic rings. The van der Waals surface area contributed by atoms with Crippen molar-refractivity contribution >= 4 is 50.7 Å². The maximum atomic E-state index is 14.0. The molecular weight excluding hydrogens is 605 g/mol. The van der Waals surface area contributed by atoms with Gasteiger partial charge in [-0.25, -0.2) is 8.42 Å². The summed E-state index contributed by atoms with van der Waals surface area (Å²) in [6.45, 7) is 4.72. The van der Waals surface area contributed by atoms with E-state index in [1.165, 1.54) is 9.21 Å². The summed E-state index contributed by atoms with van der Waals surface area (Å²) in [5.74, 6) is -0.556. The minimum absolute atomic E-state index is 0.0225. The Morgan fingerprint density at radius 1 is 0.860 bits per heavy atom. The van der Waals surface area contributed by atoms with E-state index in [4.69, 9.17) is 23.2 Å². The molecule has 0 spiro atoms. The smallest absolute Gasteiger partial charge is 0.243 e. The van der Waals surface area contributed by atoms with Gasteiger partial charge in [0.1, 0.15) is 6.04 Å². The van der Waals surface area contributed by atoms with Gasteiger partial charge < -0.3 is 10.2 Å². The predicted molar refractivity (Wildman–Crippen MR) is 176 cm³/mol. The summed E-state index contributed by atoms with van der Waals surface area (Å²) in [7, 11) is -3.59. The molecule has 0 fully saturated rings. The summed E-state index contributed by atoms with van der Waals surface area (Å²) in [6.07, 6.45) is 4.30. The topological polar surface area (TPSA) is 86.8 Å². The first-order valence-corrected chi connectivity index (χ1v) is 17.3. The zero-order chi connectivity index (χ0) is 31.4. The Morgan fingerprint density at radius 2 is 1.51 bits per heavy atom. The van der Waals surface area contributed by atoms with Crippen molar-refractivity contribution < 1.29 is 18.0 Å². The van der Waals surface area contributed by atoms with E-state index in [1.807, 2.05) is 56.3 Å². The van der Waals surface area contributed by atoms with Gasteiger partial charge in [-0.3, -0.25) is 13.9 Å². The number of carbonyl (C=O) groups excluding carboxylic acids is 2. The molecule has 0 heterocycles. The van der Waals surface area contributed by atoms with Gasteiger partial charge in [0, 0.05) is 48.1 Å². The minimum atomic E-state index is -3.59. The van der Waals surface area contributed by atoms with Crippen LogP contribution in [0.15, 0.2) is 72.8 Å². The van der Waals surface area contributed by atoms with Crippen LogP contribution in [0.3, 0.4) is 0 Å². The van der Waals surface area contributed by atoms with Gasteiger partial charge in [0.15, 0.2) is 0 Å². The molecule has 0 aliphatic heterocycles. The van der Waals surface area contributed by atoms with Crippen molar-refractivity contribution in [1.82, 2.24) is 10.2 Å². The average molecular weight is 647 g/mol. The fourth-order valence-electron chi connectivity index (χ4n) is 4.82. The van der Waals surface area contributed by atoms with Crippen LogP contribution in [0, 0.1) is 0 Å². The molecule has 7 nitrogen and oxygen atoms in total. The van der Waals surface area contributed by atoms with Crippen LogP contribution in [0.1, 0.15) is 56.2 Å². The highest BCUT2D eigenvalue weighted by atomic mass is 35.5. The molecule has 1 atom stereocenters. The number of hydrogen-bond donors (Lipinski definition) is 1. The Morgan fingerprint density at radius 3 is 2.09 bits per heavy atom. The summed E-state index contributed by atoms with van der Waals surface area (Å²) < 4.78 is 26.7. The van der Waals surface area contributed by atoms with Crippen molar-refractivity contribution in [3.63, 3.8) is 0 Å². The molecule has 0 aromatic heterocycles. The first-order chi connectivity index (χ1) is 20.5. The van der Waals surface area contributed by atoms with E-state index in [0.29, 0.717) is 34.3 Å². The molecule has 1 unspecified atom stereocenters. The number of nitrogens with zero attached hydrogens (tertiary/aromatic N) is 2. The second kappa shape index (κ2) is 16.7. The van der Waals surface area contributed by atoms with E-state index in [2.05, 4.69) is 5.32 Å². The first kappa shape index (κ1) is 34.4. The molecule has 3 aromatic rings. The van der Waals surface area contributed by atoms with Gasteiger partial charge in [-0.1, -0.05) is 92.0 Å². The van der Waals surface area contributed by atoms with E-state index in [-0.39, 0.29) is 37.7 Å². The van der Waals surface area contributed by atoms with Crippen molar-refractivity contribution in [2.75, 3.05) is 23.7 Å². The molecule has 2 amide bonds. The van der Waals surface area contributed by atoms with Gasteiger partial charge in [-0.2, -0.15) is 0 Å². The molecule has 43 heavy (non-hydrogen) atoms. The third-order valence-corrected chi connectivity index (χ3v) is 9.18. The quantitative estimate of drug-likeness (QED) is 0.177. The molecule has 232 valence electrons. The summed E-state index contributed by atoms with van der Waals surface area (Å²) in [6, 6.07) is 21.2. The number of rotatable bonds is 16.